The Hall–Kier alpha value is -3.52. The van der Waals surface area contributed by atoms with Crippen LogP contribution >= 0.6 is 11.6 Å². The molecular weight excluding hydrogens is 492 g/mol. The number of carboxylic acid groups (broad SMARTS) is 1. The predicted molar refractivity (Wildman–Crippen MR) is 140 cm³/mol. The van der Waals surface area contributed by atoms with Crippen molar-refractivity contribution in [1.29, 1.82) is 0 Å². The van der Waals surface area contributed by atoms with Crippen LogP contribution in [0.2, 0.25) is 5.02 Å². The molecule has 0 spiro atoms. The molecule has 2 aromatic rings. The fourth-order valence-corrected chi connectivity index (χ4v) is 6.29. The summed E-state index contributed by atoms with van der Waals surface area (Å²) in [6.45, 7) is 16.1. The molecule has 0 saturated heterocycles. The van der Waals surface area contributed by atoms with Gasteiger partial charge in [-0.05, 0) is 35.9 Å². The van der Waals surface area contributed by atoms with Crippen molar-refractivity contribution in [2.24, 2.45) is 10.8 Å². The van der Waals surface area contributed by atoms with E-state index in [2.05, 4.69) is 44.4 Å². The van der Waals surface area contributed by atoms with Gasteiger partial charge in [0.15, 0.2) is 0 Å². The average molecular weight is 521 g/mol. The number of rotatable bonds is 7. The summed E-state index contributed by atoms with van der Waals surface area (Å²) in [6.07, 6.45) is 0.258. The highest BCUT2D eigenvalue weighted by molar-refractivity contribution is 6.33. The first-order chi connectivity index (χ1) is 17.5. The number of benzene rings is 2. The zero-order valence-electron chi connectivity index (χ0n) is 21.3. The van der Waals surface area contributed by atoms with Crippen LogP contribution in [0, 0.1) is 29.2 Å². The molecule has 4 rings (SSSR count). The molecule has 37 heavy (non-hydrogen) atoms. The van der Waals surface area contributed by atoms with E-state index in [1.165, 1.54) is 0 Å². The fraction of sp³-hybridized carbons (Fsp3) is 0.414. The zero-order chi connectivity index (χ0) is 27.0. The molecule has 1 saturated carbocycles. The summed E-state index contributed by atoms with van der Waals surface area (Å²) >= 11 is 6.21. The fourth-order valence-electron chi connectivity index (χ4n) is 6.08. The molecule has 2 aromatic carbocycles. The lowest BCUT2D eigenvalue weighted by atomic mass is 9.49. The molecular formula is C29H29ClN2O5. The second-order valence-corrected chi connectivity index (χ2v) is 11.0. The summed E-state index contributed by atoms with van der Waals surface area (Å²) in [5, 5.41) is 8.96. The summed E-state index contributed by atoms with van der Waals surface area (Å²) in [5.41, 5.74) is 2.16. The van der Waals surface area contributed by atoms with Crippen LogP contribution < -0.4 is 4.74 Å². The molecule has 1 N–H and O–H groups in total. The smallest absolute Gasteiger partial charge is 0.329 e. The van der Waals surface area contributed by atoms with Crippen LogP contribution in [0.15, 0.2) is 36.4 Å². The predicted octanol–water partition coefficient (Wildman–Crippen LogP) is 5.57. The Balaban J connectivity index is 1.46. The van der Waals surface area contributed by atoms with Gasteiger partial charge in [0.2, 0.25) is 5.69 Å². The third-order valence-electron chi connectivity index (χ3n) is 7.13. The number of hydrogen-bond acceptors (Lipinski definition) is 4. The Morgan fingerprint density at radius 2 is 1.95 bits per heavy atom. The largest absolute Gasteiger partial charge is 0.489 e. The maximum atomic E-state index is 13.4. The number of ether oxygens (including phenoxy) is 2. The molecule has 1 heterocycles. The highest BCUT2D eigenvalue weighted by atomic mass is 35.5. The van der Waals surface area contributed by atoms with E-state index in [0.29, 0.717) is 35.0 Å². The van der Waals surface area contributed by atoms with Gasteiger partial charge in [-0.3, -0.25) is 4.79 Å². The van der Waals surface area contributed by atoms with Crippen molar-refractivity contribution in [2.75, 3.05) is 13.2 Å². The highest BCUT2D eigenvalue weighted by Crippen LogP contribution is 2.59. The molecule has 7 nitrogen and oxygen atoms in total. The Kier molecular flexibility index (Phi) is 7.24. The summed E-state index contributed by atoms with van der Waals surface area (Å²) in [7, 11) is 0. The first-order valence-corrected chi connectivity index (χ1v) is 12.4. The molecule has 1 fully saturated rings. The van der Waals surface area contributed by atoms with E-state index in [1.807, 2.05) is 23.1 Å². The summed E-state index contributed by atoms with van der Waals surface area (Å²) in [4.78, 5) is 29.3. The van der Waals surface area contributed by atoms with E-state index in [0.717, 1.165) is 11.1 Å². The van der Waals surface area contributed by atoms with Crippen molar-refractivity contribution in [1.82, 2.24) is 4.90 Å². The van der Waals surface area contributed by atoms with Crippen molar-refractivity contribution >= 4 is 29.2 Å². The number of hydrogen-bond donors (Lipinski definition) is 1. The van der Waals surface area contributed by atoms with Gasteiger partial charge < -0.3 is 19.5 Å². The summed E-state index contributed by atoms with van der Waals surface area (Å²) in [5.74, 6) is 5.67. The SMILES string of the molecule is [C-]#[N+]c1ccc(OC2C(C)(C)C(N3Cc4cc(C#CCCOCC(=O)O)ccc4C3=O)C2(C)C)cc1Cl. The topological polar surface area (TPSA) is 80.4 Å². The molecule has 1 amide bonds. The molecule has 192 valence electrons. The van der Waals surface area contributed by atoms with Crippen molar-refractivity contribution < 1.29 is 24.2 Å². The molecule has 0 aromatic heterocycles. The van der Waals surface area contributed by atoms with Crippen molar-refractivity contribution in [3.05, 3.63) is 69.5 Å². The van der Waals surface area contributed by atoms with Gasteiger partial charge in [-0.25, -0.2) is 9.64 Å². The Morgan fingerprint density at radius 3 is 2.59 bits per heavy atom. The lowest BCUT2D eigenvalue weighted by Gasteiger charge is -2.65. The van der Waals surface area contributed by atoms with Crippen LogP contribution in [0.5, 0.6) is 5.75 Å². The maximum Gasteiger partial charge on any atom is 0.329 e. The van der Waals surface area contributed by atoms with Gasteiger partial charge in [-0.2, -0.15) is 0 Å². The number of amides is 1. The Morgan fingerprint density at radius 1 is 1.22 bits per heavy atom. The first-order valence-electron chi connectivity index (χ1n) is 12.0. The molecule has 0 bridgehead atoms. The average Bonchev–Trinajstić information content (AvgIpc) is 3.13. The van der Waals surface area contributed by atoms with Gasteiger partial charge in [0, 0.05) is 41.0 Å². The van der Waals surface area contributed by atoms with Gasteiger partial charge >= 0.3 is 5.97 Å². The number of carbonyl (C=O) groups excluding carboxylic acids is 1. The van der Waals surface area contributed by atoms with Gasteiger partial charge in [-0.1, -0.05) is 57.2 Å². The molecule has 0 unspecified atom stereocenters. The second kappa shape index (κ2) is 10.1. The quantitative estimate of drug-likeness (QED) is 0.293. The van der Waals surface area contributed by atoms with E-state index in [-0.39, 0.29) is 42.1 Å². The van der Waals surface area contributed by atoms with Crippen molar-refractivity contribution in [2.45, 2.75) is 52.8 Å². The van der Waals surface area contributed by atoms with E-state index in [1.54, 1.807) is 18.2 Å². The number of nitrogens with zero attached hydrogens (tertiary/aromatic N) is 2. The minimum atomic E-state index is -1.00. The minimum absolute atomic E-state index is 0.00522. The van der Waals surface area contributed by atoms with Crippen LogP contribution in [0.1, 0.15) is 55.6 Å². The standard InChI is InChI=1S/C29H29ClN2O5/c1-28(2)26(29(3,4)27(28)37-20-10-12-23(31-5)22(30)15-20)32-16-19-14-18(9-11-21(19)25(32)35)8-6-7-13-36-17-24(33)34/h9-12,14-15,26-27H,7,13,16-17H2,1-4H3,(H,33,34). The molecule has 1 aliphatic carbocycles. The molecule has 8 heteroatoms. The van der Waals surface area contributed by atoms with E-state index < -0.39 is 5.97 Å². The minimum Gasteiger partial charge on any atom is -0.489 e. The number of aliphatic carboxylic acids is 1. The summed E-state index contributed by atoms with van der Waals surface area (Å²) in [6, 6.07) is 10.7. The zero-order valence-corrected chi connectivity index (χ0v) is 22.1. The number of halogens is 1. The third-order valence-corrected chi connectivity index (χ3v) is 7.44. The lowest BCUT2D eigenvalue weighted by Crippen LogP contribution is -2.74. The lowest BCUT2D eigenvalue weighted by molar-refractivity contribution is -0.199. The number of fused-ring (bicyclic) bond motifs is 1. The molecule has 0 atom stereocenters. The van der Waals surface area contributed by atoms with Gasteiger partial charge in [-0.15, -0.1) is 0 Å². The Bertz CT molecular complexity index is 1330. The van der Waals surface area contributed by atoms with Crippen LogP contribution in [0.25, 0.3) is 4.85 Å². The summed E-state index contributed by atoms with van der Waals surface area (Å²) < 4.78 is 11.4. The molecule has 2 aliphatic rings. The number of carbonyl (C=O) groups is 2. The highest BCUT2D eigenvalue weighted by Gasteiger charge is 2.66. The van der Waals surface area contributed by atoms with Crippen LogP contribution in [0.4, 0.5) is 5.69 Å². The van der Waals surface area contributed by atoms with Crippen molar-refractivity contribution in [3.8, 4) is 17.6 Å². The monoisotopic (exact) mass is 520 g/mol. The normalized spacial score (nSPS) is 20.8. The second-order valence-electron chi connectivity index (χ2n) is 10.6. The van der Waals surface area contributed by atoms with E-state index in [4.69, 9.17) is 32.8 Å². The Labute approximate surface area is 222 Å². The van der Waals surface area contributed by atoms with Gasteiger partial charge in [0.1, 0.15) is 18.5 Å². The van der Waals surface area contributed by atoms with E-state index >= 15 is 0 Å². The van der Waals surface area contributed by atoms with Crippen molar-refractivity contribution in [3.63, 3.8) is 0 Å². The van der Waals surface area contributed by atoms with Gasteiger partial charge in [0.25, 0.3) is 5.91 Å². The van der Waals surface area contributed by atoms with Crippen LogP contribution in [0.3, 0.4) is 0 Å². The molecule has 1 aliphatic heterocycles. The first kappa shape index (κ1) is 26.5. The van der Waals surface area contributed by atoms with E-state index in [9.17, 15) is 9.59 Å². The molecule has 0 radical (unpaired) electrons. The maximum absolute atomic E-state index is 13.4. The number of carboxylic acids is 1. The van der Waals surface area contributed by atoms with Crippen LogP contribution in [-0.4, -0.2) is 47.2 Å². The third kappa shape index (κ3) is 5.03. The van der Waals surface area contributed by atoms with Gasteiger partial charge in [0.05, 0.1) is 18.2 Å². The van der Waals surface area contributed by atoms with Crippen LogP contribution in [-0.2, 0) is 16.1 Å².